The molecule has 0 unspecified atom stereocenters. The molecule has 33 heavy (non-hydrogen) atoms. The monoisotopic (exact) mass is 469 g/mol. The Hall–Kier alpha value is -3.23. The third-order valence-electron chi connectivity index (χ3n) is 5.59. The third kappa shape index (κ3) is 5.97. The van der Waals surface area contributed by atoms with Crippen LogP contribution in [-0.4, -0.2) is 39.9 Å². The van der Waals surface area contributed by atoms with Gasteiger partial charge in [-0.15, -0.1) is 0 Å². The van der Waals surface area contributed by atoms with Crippen molar-refractivity contribution in [3.8, 4) is 0 Å². The first-order valence-electron chi connectivity index (χ1n) is 10.5. The number of anilines is 1. The quantitative estimate of drug-likeness (QED) is 0.516. The van der Waals surface area contributed by atoms with Gasteiger partial charge >= 0.3 is 0 Å². The highest BCUT2D eigenvalue weighted by Crippen LogP contribution is 2.22. The normalized spacial score (nSPS) is 12.4. The summed E-state index contributed by atoms with van der Waals surface area (Å²) in [4.78, 5) is 14.6. The molecule has 2 N–H and O–H groups in total. The highest BCUT2D eigenvalue weighted by Gasteiger charge is 2.19. The van der Waals surface area contributed by atoms with Crippen LogP contribution in [0.1, 0.15) is 33.1 Å². The van der Waals surface area contributed by atoms with Crippen molar-refractivity contribution in [1.29, 1.82) is 0 Å². The van der Waals surface area contributed by atoms with E-state index in [9.17, 15) is 17.6 Å². The van der Waals surface area contributed by atoms with Gasteiger partial charge in [0.15, 0.2) is 0 Å². The van der Waals surface area contributed by atoms with E-state index in [1.165, 1.54) is 36.4 Å². The fraction of sp³-hybridized carbons (Fsp3) is 0.240. The lowest BCUT2D eigenvalue weighted by Crippen LogP contribution is -2.34. The summed E-state index contributed by atoms with van der Waals surface area (Å²) in [5.74, 6) is -0.679. The number of rotatable bonds is 8. The number of nitrogens with one attached hydrogen (secondary N) is 2. The number of amides is 1. The fourth-order valence-corrected chi connectivity index (χ4v) is 4.58. The topological polar surface area (TPSA) is 78.5 Å². The van der Waals surface area contributed by atoms with Crippen LogP contribution in [0, 0.1) is 19.7 Å². The van der Waals surface area contributed by atoms with E-state index in [-0.39, 0.29) is 29.2 Å². The maximum absolute atomic E-state index is 13.6. The SMILES string of the molecule is Cc1cccc(NS(=O)(=O)c2ccc(C(=O)NC[C@H](c3cccc(F)c3)N(C)C)cc2)c1C. The van der Waals surface area contributed by atoms with E-state index in [4.69, 9.17) is 0 Å². The standard InChI is InChI=1S/C25H28FN3O3S/c1-17-7-5-10-23(18(17)2)28-33(31,32)22-13-11-19(12-14-22)25(30)27-16-24(29(3)4)20-8-6-9-21(26)15-20/h5-15,24,28H,16H2,1-4H3,(H,27,30)/t24-/m1/s1. The molecule has 3 rings (SSSR count). The Labute approximate surface area is 194 Å². The van der Waals surface area contributed by atoms with Gasteiger partial charge in [0.25, 0.3) is 15.9 Å². The zero-order chi connectivity index (χ0) is 24.2. The number of hydrogen-bond donors (Lipinski definition) is 2. The van der Waals surface area contributed by atoms with E-state index in [0.717, 1.165) is 16.7 Å². The van der Waals surface area contributed by atoms with Crippen molar-refractivity contribution in [1.82, 2.24) is 10.2 Å². The largest absolute Gasteiger partial charge is 0.350 e. The highest BCUT2D eigenvalue weighted by atomic mass is 32.2. The summed E-state index contributed by atoms with van der Waals surface area (Å²) in [6.45, 7) is 4.03. The molecule has 0 saturated heterocycles. The molecule has 6 nitrogen and oxygen atoms in total. The number of hydrogen-bond acceptors (Lipinski definition) is 4. The predicted octanol–water partition coefficient (Wildman–Crippen LogP) is 4.28. The van der Waals surface area contributed by atoms with E-state index in [2.05, 4.69) is 10.0 Å². The number of carbonyl (C=O) groups excluding carboxylic acids is 1. The number of halogens is 1. The van der Waals surface area contributed by atoms with Crippen LogP contribution in [0.4, 0.5) is 10.1 Å². The average molecular weight is 470 g/mol. The Morgan fingerprint density at radius 2 is 1.67 bits per heavy atom. The van der Waals surface area contributed by atoms with Gasteiger partial charge < -0.3 is 10.2 Å². The summed E-state index contributed by atoms with van der Waals surface area (Å²) in [5, 5.41) is 2.84. The number of sulfonamides is 1. The lowest BCUT2D eigenvalue weighted by Gasteiger charge is -2.25. The van der Waals surface area contributed by atoms with Gasteiger partial charge in [0.05, 0.1) is 16.6 Å². The molecule has 1 amide bonds. The zero-order valence-electron chi connectivity index (χ0n) is 19.1. The van der Waals surface area contributed by atoms with Crippen molar-refractivity contribution in [2.75, 3.05) is 25.4 Å². The van der Waals surface area contributed by atoms with Crippen molar-refractivity contribution >= 4 is 21.6 Å². The fourth-order valence-electron chi connectivity index (χ4n) is 3.45. The molecule has 174 valence electrons. The number of benzene rings is 3. The number of likely N-dealkylation sites (N-methyl/N-ethyl adjacent to an activating group) is 1. The first-order chi connectivity index (χ1) is 15.6. The van der Waals surface area contributed by atoms with Crippen LogP contribution >= 0.6 is 0 Å². The van der Waals surface area contributed by atoms with E-state index >= 15 is 0 Å². The van der Waals surface area contributed by atoms with Gasteiger partial charge in [-0.25, -0.2) is 12.8 Å². The smallest absolute Gasteiger partial charge is 0.261 e. The van der Waals surface area contributed by atoms with Gasteiger partial charge in [0.2, 0.25) is 0 Å². The van der Waals surface area contributed by atoms with Crippen molar-refractivity contribution in [3.05, 3.63) is 94.8 Å². The summed E-state index contributed by atoms with van der Waals surface area (Å²) in [6.07, 6.45) is 0. The molecule has 0 saturated carbocycles. The molecule has 1 atom stereocenters. The first-order valence-corrected chi connectivity index (χ1v) is 12.0. The average Bonchev–Trinajstić information content (AvgIpc) is 2.77. The van der Waals surface area contributed by atoms with Gasteiger partial charge in [0.1, 0.15) is 5.82 Å². The number of carbonyl (C=O) groups is 1. The van der Waals surface area contributed by atoms with Crippen LogP contribution in [0.15, 0.2) is 71.6 Å². The second-order valence-corrected chi connectivity index (χ2v) is 9.80. The maximum atomic E-state index is 13.6. The molecular weight excluding hydrogens is 441 g/mol. The summed E-state index contributed by atoms with van der Waals surface area (Å²) in [6, 6.07) is 17.2. The zero-order valence-corrected chi connectivity index (χ0v) is 19.9. The third-order valence-corrected chi connectivity index (χ3v) is 6.97. The lowest BCUT2D eigenvalue weighted by molar-refractivity contribution is 0.0942. The Balaban J connectivity index is 1.70. The molecule has 0 aliphatic heterocycles. The van der Waals surface area contributed by atoms with Gasteiger partial charge in [-0.2, -0.15) is 0 Å². The Bertz CT molecular complexity index is 1240. The summed E-state index contributed by atoms with van der Waals surface area (Å²) < 4.78 is 41.8. The summed E-state index contributed by atoms with van der Waals surface area (Å²) >= 11 is 0. The Kier molecular flexibility index (Phi) is 7.50. The minimum atomic E-state index is -3.80. The van der Waals surface area contributed by atoms with E-state index in [1.54, 1.807) is 18.2 Å². The second-order valence-electron chi connectivity index (χ2n) is 8.12. The molecule has 8 heteroatoms. The molecule has 0 radical (unpaired) electrons. The van der Waals surface area contributed by atoms with Crippen LogP contribution in [0.2, 0.25) is 0 Å². The van der Waals surface area contributed by atoms with Crippen LogP contribution in [0.3, 0.4) is 0 Å². The summed E-state index contributed by atoms with van der Waals surface area (Å²) in [5.41, 5.74) is 3.43. The molecule has 0 spiro atoms. The van der Waals surface area contributed by atoms with Crippen molar-refractivity contribution < 1.29 is 17.6 Å². The van der Waals surface area contributed by atoms with E-state index in [0.29, 0.717) is 11.3 Å². The molecule has 0 aliphatic rings. The molecule has 0 aromatic heterocycles. The molecule has 0 aliphatic carbocycles. The Morgan fingerprint density at radius 3 is 2.30 bits per heavy atom. The minimum Gasteiger partial charge on any atom is -0.350 e. The highest BCUT2D eigenvalue weighted by molar-refractivity contribution is 7.92. The van der Waals surface area contributed by atoms with Crippen molar-refractivity contribution in [2.45, 2.75) is 24.8 Å². The minimum absolute atomic E-state index is 0.0610. The van der Waals surface area contributed by atoms with Gasteiger partial charge in [-0.1, -0.05) is 24.3 Å². The van der Waals surface area contributed by atoms with Crippen molar-refractivity contribution in [3.63, 3.8) is 0 Å². The predicted molar refractivity (Wildman–Crippen MR) is 128 cm³/mol. The molecule has 3 aromatic carbocycles. The van der Waals surface area contributed by atoms with Crippen LogP contribution in [0.5, 0.6) is 0 Å². The molecule has 0 heterocycles. The number of nitrogens with zero attached hydrogens (tertiary/aromatic N) is 1. The van der Waals surface area contributed by atoms with Gasteiger partial charge in [-0.05, 0) is 87.1 Å². The van der Waals surface area contributed by atoms with Crippen LogP contribution in [0.25, 0.3) is 0 Å². The van der Waals surface area contributed by atoms with Crippen LogP contribution < -0.4 is 10.0 Å². The molecule has 0 fully saturated rings. The maximum Gasteiger partial charge on any atom is 0.261 e. The molecule has 0 bridgehead atoms. The number of aryl methyl sites for hydroxylation is 1. The van der Waals surface area contributed by atoms with Gasteiger partial charge in [-0.3, -0.25) is 9.52 Å². The molecular formula is C25H28FN3O3S. The first kappa shape index (κ1) is 24.4. The van der Waals surface area contributed by atoms with Gasteiger partial charge in [0, 0.05) is 12.1 Å². The summed E-state index contributed by atoms with van der Waals surface area (Å²) in [7, 11) is -0.0930. The molecule has 3 aromatic rings. The lowest BCUT2D eigenvalue weighted by atomic mass is 10.1. The van der Waals surface area contributed by atoms with E-state index in [1.807, 2.05) is 45.0 Å². The van der Waals surface area contributed by atoms with Crippen LogP contribution in [-0.2, 0) is 10.0 Å². The Morgan fingerprint density at radius 1 is 1.00 bits per heavy atom. The second kappa shape index (κ2) is 10.1. The van der Waals surface area contributed by atoms with Crippen molar-refractivity contribution in [2.24, 2.45) is 0 Å². The van der Waals surface area contributed by atoms with E-state index < -0.39 is 10.0 Å².